The molecule has 3 rings (SSSR count). The Morgan fingerprint density at radius 3 is 1.46 bits per heavy atom. The van der Waals surface area contributed by atoms with Crippen molar-refractivity contribution in [2.24, 2.45) is 40.3 Å². The topological polar surface area (TPSA) is 748 Å². The van der Waals surface area contributed by atoms with E-state index in [1.165, 1.54) is 34.1 Å². The zero-order valence-electron chi connectivity index (χ0n) is 72.9. The molecule has 0 radical (unpaired) electrons. The van der Waals surface area contributed by atoms with Gasteiger partial charge in [0.05, 0.1) is 45.0 Å². The van der Waals surface area contributed by atoms with Crippen LogP contribution in [-0.2, 0) is 97.5 Å². The maximum atomic E-state index is 14.9. The average molecular weight is 1850 g/mol. The van der Waals surface area contributed by atoms with Gasteiger partial charge in [-0.25, -0.2) is 0 Å². The van der Waals surface area contributed by atoms with Crippen LogP contribution in [0, 0.1) is 5.92 Å². The summed E-state index contributed by atoms with van der Waals surface area (Å²) in [4.78, 5) is 258. The number of likely N-dealkylation sites (tertiary alicyclic amines) is 2. The summed E-state index contributed by atoms with van der Waals surface area (Å²) < 4.78 is 0. The molecule has 2 fully saturated rings. The van der Waals surface area contributed by atoms with Crippen molar-refractivity contribution < 1.29 is 112 Å². The number of rotatable bonds is 63. The molecule has 1 aromatic carbocycles. The fraction of sp³-hybridized carbons (Fsp3) is 0.688. The minimum atomic E-state index is -1.87. The number of benzene rings is 1. The summed E-state index contributed by atoms with van der Waals surface area (Å²) in [6, 6.07) is -12.8. The zero-order valence-corrected chi connectivity index (χ0v) is 74.7. The zero-order chi connectivity index (χ0) is 95.5. The number of aliphatic hydroxyl groups excluding tert-OH is 3. The van der Waals surface area contributed by atoms with Gasteiger partial charge in [-0.15, -0.1) is 0 Å². The van der Waals surface area contributed by atoms with Gasteiger partial charge in [0.1, 0.15) is 78.3 Å². The van der Waals surface area contributed by atoms with Crippen molar-refractivity contribution in [1.29, 1.82) is 0 Å². The second kappa shape index (κ2) is 61.0. The van der Waals surface area contributed by atoms with Crippen molar-refractivity contribution in [3.63, 3.8) is 0 Å². The van der Waals surface area contributed by atoms with E-state index in [0.29, 0.717) is 70.1 Å². The highest BCUT2D eigenvalue weighted by Gasteiger charge is 2.46. The number of amides is 19. The third-order valence-corrected chi connectivity index (χ3v) is 21.9. The van der Waals surface area contributed by atoms with E-state index in [9.17, 15) is 112 Å². The molecule has 15 atom stereocenters. The molecule has 0 aliphatic carbocycles. The Morgan fingerprint density at radius 2 is 0.891 bits per heavy atom. The smallest absolute Gasteiger partial charge is 0.246 e. The van der Waals surface area contributed by atoms with Gasteiger partial charge in [0.25, 0.3) is 0 Å². The summed E-state index contributed by atoms with van der Waals surface area (Å²) in [6.45, 7) is 1.90. The number of nitrogens with one attached hydrogen (secondary N) is 15. The fourth-order valence-corrected chi connectivity index (χ4v) is 14.1. The van der Waals surface area contributed by atoms with Crippen LogP contribution in [0.4, 0.5) is 0 Å². The summed E-state index contributed by atoms with van der Waals surface area (Å²) in [5.41, 5.74) is 33.9. The first kappa shape index (κ1) is 112. The lowest BCUT2D eigenvalue weighted by Gasteiger charge is -2.35. The van der Waals surface area contributed by atoms with Crippen molar-refractivity contribution in [3.8, 4) is 5.75 Å². The lowest BCUT2D eigenvalue weighted by atomic mass is 9.96. The number of nitrogens with zero attached hydrogens (tertiary/aromatic N) is 2. The number of unbranched alkanes of at least 4 members (excludes halogenated alkanes) is 5. The Balaban J connectivity index is 1.69. The molecule has 720 valence electrons. The van der Waals surface area contributed by atoms with Gasteiger partial charge in [0.2, 0.25) is 112 Å². The molecule has 46 nitrogen and oxygen atoms in total. The Morgan fingerprint density at radius 1 is 0.430 bits per heavy atom. The largest absolute Gasteiger partial charge is 0.508 e. The van der Waals surface area contributed by atoms with E-state index in [1.807, 2.05) is 0 Å². The van der Waals surface area contributed by atoms with E-state index in [4.69, 9.17) is 34.4 Å². The fourth-order valence-electron chi connectivity index (χ4n) is 13.6. The number of nitrogens with two attached hydrogens (primary N) is 6. The highest BCUT2D eigenvalue weighted by molar-refractivity contribution is 7.80. The monoisotopic (exact) mass is 1850 g/mol. The average Bonchev–Trinajstić information content (AvgIpc) is 1.64. The molecule has 128 heavy (non-hydrogen) atoms. The maximum absolute atomic E-state index is 14.9. The van der Waals surface area contributed by atoms with Crippen molar-refractivity contribution in [3.05, 3.63) is 29.8 Å². The summed E-state index contributed by atoms with van der Waals surface area (Å²) in [7, 11) is 0. The summed E-state index contributed by atoms with van der Waals surface area (Å²) in [5.74, 6) is -17.5. The second-order valence-corrected chi connectivity index (χ2v) is 32.1. The molecule has 0 saturated carbocycles. The Labute approximate surface area is 754 Å². The first-order valence-electron chi connectivity index (χ1n) is 43.2. The van der Waals surface area contributed by atoms with E-state index in [1.54, 1.807) is 13.8 Å². The number of thiol groups is 2. The third kappa shape index (κ3) is 40.8. The van der Waals surface area contributed by atoms with Crippen LogP contribution in [0.2, 0.25) is 0 Å². The Hall–Kier alpha value is -10.6. The second-order valence-electron chi connectivity index (χ2n) is 31.4. The van der Waals surface area contributed by atoms with Crippen molar-refractivity contribution in [2.75, 3.05) is 90.2 Å². The van der Waals surface area contributed by atoms with Crippen LogP contribution >= 0.6 is 25.3 Å². The highest BCUT2D eigenvalue weighted by atomic mass is 32.1. The van der Waals surface area contributed by atoms with Crippen LogP contribution in [-0.4, -0.2) is 317 Å². The maximum Gasteiger partial charge on any atom is 0.246 e. The lowest BCUT2D eigenvalue weighted by molar-refractivity contribution is -0.149. The summed E-state index contributed by atoms with van der Waals surface area (Å²) >= 11 is 8.43. The molecule has 2 saturated heterocycles. The molecule has 0 aromatic heterocycles. The van der Waals surface area contributed by atoms with Gasteiger partial charge in [0, 0.05) is 63.4 Å². The number of hydrogen-bond acceptors (Lipinski definition) is 29. The van der Waals surface area contributed by atoms with Gasteiger partial charge in [-0.2, -0.15) is 25.3 Å². The molecule has 1 aromatic rings. The number of carbonyl (C=O) groups is 19. The molecule has 48 heteroatoms. The van der Waals surface area contributed by atoms with Crippen LogP contribution in [0.15, 0.2) is 24.3 Å². The lowest BCUT2D eigenvalue weighted by Crippen LogP contribution is -2.62. The molecule has 31 N–H and O–H groups in total. The number of primary amides is 2. The summed E-state index contributed by atoms with van der Waals surface area (Å²) in [5, 5.41) is 78.5. The van der Waals surface area contributed by atoms with E-state index in [0.717, 1.165) is 19.8 Å². The summed E-state index contributed by atoms with van der Waals surface area (Å²) in [6.07, 6.45) is 3.35. The molecular weight excluding hydrogens is 1720 g/mol. The van der Waals surface area contributed by atoms with Crippen LogP contribution < -0.4 is 114 Å². The molecule has 2 aliphatic heterocycles. The van der Waals surface area contributed by atoms with Crippen LogP contribution in [0.5, 0.6) is 5.75 Å². The first-order valence-corrected chi connectivity index (χ1v) is 44.5. The molecule has 2 heterocycles. The van der Waals surface area contributed by atoms with E-state index >= 15 is 0 Å². The van der Waals surface area contributed by atoms with Gasteiger partial charge >= 0.3 is 0 Å². The van der Waals surface area contributed by atoms with E-state index in [2.05, 4.69) is 105 Å². The van der Waals surface area contributed by atoms with Gasteiger partial charge in [-0.1, -0.05) is 45.2 Å². The normalized spacial score (nSPS) is 16.5. The molecule has 0 unspecified atom stereocenters. The Bertz CT molecular complexity index is 3840. The van der Waals surface area contributed by atoms with Crippen LogP contribution in [0.3, 0.4) is 0 Å². The minimum Gasteiger partial charge on any atom is -0.508 e. The van der Waals surface area contributed by atoms with E-state index in [-0.39, 0.29) is 121 Å². The van der Waals surface area contributed by atoms with Crippen LogP contribution in [0.1, 0.15) is 168 Å². The van der Waals surface area contributed by atoms with Crippen molar-refractivity contribution >= 4 is 137 Å². The quantitative estimate of drug-likeness (QED) is 0.0213. The minimum absolute atomic E-state index is 0.00236. The number of phenols is 1. The highest BCUT2D eigenvalue weighted by Crippen LogP contribution is 2.28. The number of carbonyl (C=O) groups excluding carboxylic acids is 19. The number of aromatic hydroxyl groups is 1. The predicted molar refractivity (Wildman–Crippen MR) is 471 cm³/mol. The number of phenolic OH excluding ortho intramolecular Hbond substituents is 1. The van der Waals surface area contributed by atoms with Gasteiger partial charge in [-0.05, 0) is 153 Å². The SMILES string of the molecule is CC[C@H](C)[C@H](NC(=O)[C@H](CO)NC(=O)[C@H](CCCCN)NC(=O)[C@@H](NC(=O)[C@H](CS)NC(=O)[C@H](CO)NC(=O)CNC(=O)CNC(=O)CCCCCNC(=O)[C@@H](N)CCCCN)[C@@H](C)O)C(=O)N1CCC[C@H]1C(=O)N1CCC[C@H]1C(=O)N[C@@H](CCC(N)=O)C(=O)N[C@@H](CS)C(=O)N[C@@H](Cc1ccc(O)cc1)C(=O)NCCCC(=O)N[C@@H](CCCCN)C(=O)NCC(N)=O. The number of aliphatic hydroxyl groups is 3. The van der Waals surface area contributed by atoms with E-state index < -0.39 is 248 Å². The third-order valence-electron chi connectivity index (χ3n) is 21.2. The predicted octanol–water partition coefficient (Wildman–Crippen LogP) is -9.58. The molecule has 19 amide bonds. The number of hydrogen-bond donors (Lipinski definition) is 27. The van der Waals surface area contributed by atoms with Crippen LogP contribution in [0.25, 0.3) is 0 Å². The van der Waals surface area contributed by atoms with Crippen molar-refractivity contribution in [2.45, 2.75) is 253 Å². The molecular formula is C80H135N23O23S2. The Kier molecular flexibility index (Phi) is 53.1. The molecule has 0 bridgehead atoms. The first-order chi connectivity index (χ1) is 60.9. The molecule has 0 spiro atoms. The standard InChI is InChI=1S/C80H135N23O23S2/c1-4-45(2)66(100-74(120)55(42-105)97-71(117)51(19-9-12-32-83)95-78(124)67(46(3)106)101-76(122)57(44-128)99-73(119)54(41-104)93-65(113)40-90-64(112)39-89-62(110)22-6-5-13-33-87-68(114)49(84)17-7-10-30-81)80(126)103-36-16-21-59(103)79(125)102-35-15-20-58(102)77(123)94-52(28-29-60(85)108)72(118)98-56(43-127)75(121)96-53(37-47-24-26-48(107)27-25-47)70(116)88-34-14-23-63(111)92-50(18-8-11-31-82)69(115)91-38-61(86)109/h24-27,45-46,49-59,66-67,104-107,127-128H,4-23,28-44,81-84H2,1-3H3,(H2,85,108)(H2,86,109)(H,87,114)(H,88,116)(H,89,110)(H,90,112)(H,91,115)(H,92,111)(H,93,113)(H,94,123)(H,95,124)(H,96,121)(H,97,117)(H,98,118)(H,99,119)(H,100,120)(H,101,122)/t45-,46+,49-,50-,51-,52-,53-,54-,55-,56-,57-,58-,59-,66-,67-/m0/s1. The van der Waals surface area contributed by atoms with Gasteiger partial charge in [-0.3, -0.25) is 91.1 Å². The van der Waals surface area contributed by atoms with Crippen molar-refractivity contribution in [1.82, 2.24) is 89.6 Å². The van der Waals surface area contributed by atoms with Gasteiger partial charge < -0.3 is 144 Å². The molecule has 2 aliphatic rings. The van der Waals surface area contributed by atoms with Gasteiger partial charge in [0.15, 0.2) is 0 Å².